The normalized spacial score (nSPS) is 22.3. The minimum absolute atomic E-state index is 0.167. The molecule has 3 heteroatoms. The van der Waals surface area contributed by atoms with E-state index in [2.05, 4.69) is 51.5 Å². The van der Waals surface area contributed by atoms with Crippen LogP contribution in [-0.2, 0) is 4.79 Å². The first-order valence-electron chi connectivity index (χ1n) is 7.20. The fourth-order valence-electron chi connectivity index (χ4n) is 2.63. The van der Waals surface area contributed by atoms with Crippen LogP contribution in [-0.4, -0.2) is 48.4 Å². The van der Waals surface area contributed by atoms with Gasteiger partial charge >= 0.3 is 0 Å². The summed E-state index contributed by atoms with van der Waals surface area (Å²) in [6.45, 7) is 13.7. The summed E-state index contributed by atoms with van der Waals surface area (Å²) in [5.41, 5.74) is 0.167. The Morgan fingerprint density at radius 2 is 2.00 bits per heavy atom. The Morgan fingerprint density at radius 1 is 1.39 bits per heavy atom. The van der Waals surface area contributed by atoms with Gasteiger partial charge in [0.05, 0.1) is 5.92 Å². The first kappa shape index (κ1) is 15.5. The lowest BCUT2D eigenvalue weighted by Gasteiger charge is -2.38. The van der Waals surface area contributed by atoms with Crippen molar-refractivity contribution >= 4 is 5.91 Å². The quantitative estimate of drug-likeness (QED) is 0.773. The monoisotopic (exact) mass is 254 g/mol. The van der Waals surface area contributed by atoms with E-state index in [0.29, 0.717) is 11.9 Å². The number of amides is 1. The molecule has 1 amide bonds. The van der Waals surface area contributed by atoms with Crippen LogP contribution in [0.15, 0.2) is 0 Å². The third-order valence-electron chi connectivity index (χ3n) is 3.52. The average Bonchev–Trinajstić information content (AvgIpc) is 2.23. The van der Waals surface area contributed by atoms with E-state index < -0.39 is 0 Å². The van der Waals surface area contributed by atoms with Crippen LogP contribution in [0.2, 0.25) is 0 Å². The van der Waals surface area contributed by atoms with Crippen molar-refractivity contribution in [3.05, 3.63) is 0 Å². The summed E-state index contributed by atoms with van der Waals surface area (Å²) < 4.78 is 0. The highest BCUT2D eigenvalue weighted by atomic mass is 16.2. The first-order valence-corrected chi connectivity index (χ1v) is 7.20. The number of rotatable bonds is 3. The van der Waals surface area contributed by atoms with E-state index in [1.165, 1.54) is 0 Å². The fraction of sp³-hybridized carbons (Fsp3) is 0.933. The van der Waals surface area contributed by atoms with Crippen molar-refractivity contribution < 1.29 is 4.79 Å². The van der Waals surface area contributed by atoms with Gasteiger partial charge in [0.15, 0.2) is 0 Å². The smallest absolute Gasteiger partial charge is 0.227 e. The zero-order chi connectivity index (χ0) is 13.9. The van der Waals surface area contributed by atoms with Gasteiger partial charge in [0, 0.05) is 19.1 Å². The Kier molecular flexibility index (Phi) is 5.20. The minimum atomic E-state index is 0.167. The molecule has 1 saturated heterocycles. The lowest BCUT2D eigenvalue weighted by atomic mass is 9.92. The molecule has 106 valence electrons. The second-order valence-electron chi connectivity index (χ2n) is 7.22. The van der Waals surface area contributed by atoms with E-state index in [1.807, 2.05) is 0 Å². The second-order valence-corrected chi connectivity index (χ2v) is 7.22. The van der Waals surface area contributed by atoms with Crippen molar-refractivity contribution in [3.8, 4) is 0 Å². The molecule has 0 spiro atoms. The van der Waals surface area contributed by atoms with Crippen molar-refractivity contribution in [2.45, 2.75) is 53.5 Å². The number of hydrogen-bond donors (Lipinski definition) is 0. The molecule has 1 atom stereocenters. The third kappa shape index (κ3) is 4.60. The summed E-state index contributed by atoms with van der Waals surface area (Å²) in [5.74, 6) is 0.556. The standard InChI is InChI=1S/C15H30N2O/c1-12(2)17(11-15(3,4)5)14(18)13-8-7-9-16(6)10-13/h12-13H,7-11H2,1-6H3. The van der Waals surface area contributed by atoms with Gasteiger partial charge in [-0.15, -0.1) is 0 Å². The van der Waals surface area contributed by atoms with Crippen LogP contribution in [0.1, 0.15) is 47.5 Å². The molecular weight excluding hydrogens is 224 g/mol. The van der Waals surface area contributed by atoms with Gasteiger partial charge in [-0.25, -0.2) is 0 Å². The zero-order valence-electron chi connectivity index (χ0n) is 13.0. The van der Waals surface area contributed by atoms with Crippen molar-refractivity contribution in [1.29, 1.82) is 0 Å². The number of likely N-dealkylation sites (tertiary alicyclic amines) is 1. The summed E-state index contributed by atoms with van der Waals surface area (Å²) in [6, 6.07) is 0.295. The number of hydrogen-bond acceptors (Lipinski definition) is 2. The predicted molar refractivity (Wildman–Crippen MR) is 76.5 cm³/mol. The lowest BCUT2D eigenvalue weighted by Crippen LogP contribution is -2.48. The molecule has 3 nitrogen and oxygen atoms in total. The summed E-state index contributed by atoms with van der Waals surface area (Å²) >= 11 is 0. The summed E-state index contributed by atoms with van der Waals surface area (Å²) in [6.07, 6.45) is 2.20. The second kappa shape index (κ2) is 6.05. The van der Waals surface area contributed by atoms with Gasteiger partial charge in [-0.1, -0.05) is 20.8 Å². The largest absolute Gasteiger partial charge is 0.339 e. The molecule has 0 aromatic heterocycles. The molecule has 0 aromatic carbocycles. The zero-order valence-corrected chi connectivity index (χ0v) is 13.0. The summed E-state index contributed by atoms with van der Waals surface area (Å²) in [4.78, 5) is 17.0. The molecule has 0 saturated carbocycles. The molecule has 1 fully saturated rings. The van der Waals surface area contributed by atoms with Crippen LogP contribution in [0.25, 0.3) is 0 Å². The SMILES string of the molecule is CC(C)N(CC(C)(C)C)C(=O)C1CCCN(C)C1. The first-order chi connectivity index (χ1) is 8.20. The van der Waals surface area contributed by atoms with Crippen LogP contribution in [0, 0.1) is 11.3 Å². The highest BCUT2D eigenvalue weighted by Gasteiger charge is 2.31. The Hall–Kier alpha value is -0.570. The maximum atomic E-state index is 12.7. The Morgan fingerprint density at radius 3 is 2.44 bits per heavy atom. The van der Waals surface area contributed by atoms with Crippen LogP contribution >= 0.6 is 0 Å². The van der Waals surface area contributed by atoms with Gasteiger partial charge in [0.25, 0.3) is 0 Å². The highest BCUT2D eigenvalue weighted by molar-refractivity contribution is 5.79. The van der Waals surface area contributed by atoms with E-state index in [9.17, 15) is 4.79 Å². The van der Waals surface area contributed by atoms with Crippen molar-refractivity contribution in [2.24, 2.45) is 11.3 Å². The van der Waals surface area contributed by atoms with E-state index >= 15 is 0 Å². The number of nitrogens with zero attached hydrogens (tertiary/aromatic N) is 2. The lowest BCUT2D eigenvalue weighted by molar-refractivity contribution is -0.140. The fourth-order valence-corrected chi connectivity index (χ4v) is 2.63. The molecule has 18 heavy (non-hydrogen) atoms. The van der Waals surface area contributed by atoms with Crippen LogP contribution in [0.4, 0.5) is 0 Å². The molecule has 0 N–H and O–H groups in total. The van der Waals surface area contributed by atoms with Crippen LogP contribution in [0.3, 0.4) is 0 Å². The molecule has 1 heterocycles. The highest BCUT2D eigenvalue weighted by Crippen LogP contribution is 2.23. The van der Waals surface area contributed by atoms with Gasteiger partial charge < -0.3 is 9.80 Å². The van der Waals surface area contributed by atoms with Gasteiger partial charge in [-0.3, -0.25) is 4.79 Å². The molecule has 1 unspecified atom stereocenters. The topological polar surface area (TPSA) is 23.6 Å². The number of carbonyl (C=O) groups excluding carboxylic acids is 1. The third-order valence-corrected chi connectivity index (χ3v) is 3.52. The molecule has 1 aliphatic heterocycles. The molecule has 0 aromatic rings. The number of piperidine rings is 1. The molecule has 1 rings (SSSR count). The van der Waals surface area contributed by atoms with Gasteiger partial charge in [-0.2, -0.15) is 0 Å². The maximum Gasteiger partial charge on any atom is 0.227 e. The Balaban J connectivity index is 2.70. The molecular formula is C15H30N2O. The minimum Gasteiger partial charge on any atom is -0.339 e. The maximum absolute atomic E-state index is 12.7. The van der Waals surface area contributed by atoms with E-state index in [-0.39, 0.29) is 11.3 Å². The summed E-state index contributed by atoms with van der Waals surface area (Å²) in [7, 11) is 2.11. The Bertz CT molecular complexity index is 281. The molecule has 1 aliphatic rings. The number of carbonyl (C=O) groups is 1. The van der Waals surface area contributed by atoms with Crippen molar-refractivity contribution in [1.82, 2.24) is 9.80 Å². The van der Waals surface area contributed by atoms with E-state index in [0.717, 1.165) is 32.5 Å². The van der Waals surface area contributed by atoms with E-state index in [1.54, 1.807) is 0 Å². The van der Waals surface area contributed by atoms with Gasteiger partial charge in [0.1, 0.15) is 0 Å². The van der Waals surface area contributed by atoms with E-state index in [4.69, 9.17) is 0 Å². The van der Waals surface area contributed by atoms with Crippen molar-refractivity contribution in [2.75, 3.05) is 26.7 Å². The average molecular weight is 254 g/mol. The molecule has 0 bridgehead atoms. The van der Waals surface area contributed by atoms with Crippen LogP contribution < -0.4 is 0 Å². The van der Waals surface area contributed by atoms with Crippen LogP contribution in [0.5, 0.6) is 0 Å². The molecule has 0 radical (unpaired) electrons. The summed E-state index contributed by atoms with van der Waals surface area (Å²) in [5, 5.41) is 0. The van der Waals surface area contributed by atoms with Gasteiger partial charge in [-0.05, 0) is 45.7 Å². The van der Waals surface area contributed by atoms with Crippen molar-refractivity contribution in [3.63, 3.8) is 0 Å². The Labute approximate surface area is 113 Å². The van der Waals surface area contributed by atoms with Gasteiger partial charge in [0.2, 0.25) is 5.91 Å². The predicted octanol–water partition coefficient (Wildman–Crippen LogP) is 2.61. The molecule has 0 aliphatic carbocycles.